The van der Waals surface area contributed by atoms with Gasteiger partial charge < -0.3 is 0 Å². The fourth-order valence-electron chi connectivity index (χ4n) is 17.3. The van der Waals surface area contributed by atoms with Crippen molar-refractivity contribution in [2.24, 2.45) is 0 Å². The second-order valence-electron chi connectivity index (χ2n) is 31.1. The van der Waals surface area contributed by atoms with E-state index in [0.29, 0.717) is 0 Å². The molecule has 21 heteroatoms. The quantitative estimate of drug-likeness (QED) is 0.159. The molecule has 0 amide bonds. The average Bonchev–Trinajstić information content (AvgIpc) is 1.66. The highest BCUT2D eigenvalue weighted by molar-refractivity contribution is 7.29. The maximum Gasteiger partial charge on any atom is 0.160 e. The summed E-state index contributed by atoms with van der Waals surface area (Å²) in [4.78, 5) is 60.7. The molecule has 0 aliphatic rings. The van der Waals surface area contributed by atoms with Crippen molar-refractivity contribution in [3.63, 3.8) is 0 Å². The van der Waals surface area contributed by atoms with E-state index >= 15 is 0 Å². The van der Waals surface area contributed by atoms with E-state index in [2.05, 4.69) is 351 Å². The van der Waals surface area contributed by atoms with Crippen LogP contribution in [0.4, 0.5) is 0 Å². The van der Waals surface area contributed by atoms with Gasteiger partial charge in [-0.15, -0.1) is 79.4 Å². The van der Waals surface area contributed by atoms with E-state index in [4.69, 9.17) is 9.97 Å². The Hall–Kier alpha value is -15.6. The van der Waals surface area contributed by atoms with Crippen LogP contribution in [0, 0.1) is 0 Å². The molecule has 30 rings (SSSR count). The molecule has 0 spiro atoms. The number of rotatable bonds is 2. The fraction of sp³-hybridized carbons (Fsp3) is 0. The van der Waals surface area contributed by atoms with Gasteiger partial charge in [0.1, 0.15) is 38.0 Å². The highest BCUT2D eigenvalue weighted by Gasteiger charge is 2.19. The molecule has 0 unspecified atom stereocenters. The molecule has 30 aromatic rings. The molecule has 0 N–H and O–H groups in total. The van der Waals surface area contributed by atoms with Crippen LogP contribution < -0.4 is 0 Å². The van der Waals surface area contributed by atoms with Crippen molar-refractivity contribution in [1.82, 2.24) is 69.8 Å². The summed E-state index contributed by atoms with van der Waals surface area (Å²) in [5.41, 5.74) is 10.3. The highest BCUT2D eigenvalue weighted by Crippen LogP contribution is 2.46. The predicted octanol–water partition coefficient (Wildman–Crippen LogP) is 31.3. The number of nitrogens with zero attached hydrogens (tertiary/aromatic N) is 14. The summed E-state index contributed by atoms with van der Waals surface area (Å²) in [5, 5.41) is 25.9. The third kappa shape index (κ3) is 14.8. The third-order valence-electron chi connectivity index (χ3n) is 23.4. The van der Waals surface area contributed by atoms with E-state index < -0.39 is 0 Å². The zero-order valence-corrected chi connectivity index (χ0v) is 74.8. The maximum absolute atomic E-state index is 5.05. The molecule has 0 radical (unpaired) electrons. The molecule has 0 aliphatic carbocycles. The standard InChI is InChI=1S/C26H16N2S.6C14H8N2S/c1-3-9-17(10-4-1)23-21-16-15-20-19-13-7-8-14-22(19)29-25(20)24(21)28-26(27-23)18-11-5-2-6-12-18;1-2-4-13-10(3-1)11-6-12-9(5-14(11)17-13)7-15-8-16-12;1-2-4-13-10(3-1)11-5-9-7-15-8-16-12(9)6-14(11)17-13;1-2-4-12-10(3-1)11-6-5-9-7-15-8-16-13(9)14(11)17-12;1-2-4-11-10(3-1)13-12(17-11)6-5-9-7-15-8-16-14(9)13;1-2-4-12-9(3-1)14-10-7-15-8-16-11(10)5-6-13(14)17-12;1-2-4-13-9(3-1)10-5-6-12-11(14(10)17-13)7-15-8-16-12/h1-16H;6*1-8H. The van der Waals surface area contributed by atoms with Gasteiger partial charge in [-0.1, -0.05) is 212 Å². The molecule has 0 fully saturated rings. The Labute approximate surface area is 773 Å². The molecule has 14 aromatic heterocycles. The van der Waals surface area contributed by atoms with E-state index in [1.165, 1.54) is 141 Å². The average molecular weight is 1810 g/mol. The molecule has 0 saturated heterocycles. The zero-order valence-electron chi connectivity index (χ0n) is 69.1. The number of benzene rings is 16. The molecule has 0 bridgehead atoms. The summed E-state index contributed by atoms with van der Waals surface area (Å²) >= 11 is 12.7. The molecule has 16 aromatic carbocycles. The van der Waals surface area contributed by atoms with Crippen LogP contribution in [0.5, 0.6) is 0 Å². The normalized spacial score (nSPS) is 11.5. The van der Waals surface area contributed by atoms with Crippen LogP contribution in [-0.2, 0) is 0 Å². The van der Waals surface area contributed by atoms with Gasteiger partial charge in [-0.2, -0.15) is 0 Å². The van der Waals surface area contributed by atoms with Gasteiger partial charge in [0.05, 0.1) is 53.7 Å². The van der Waals surface area contributed by atoms with Gasteiger partial charge in [0.15, 0.2) is 5.82 Å². The topological polar surface area (TPSA) is 180 Å². The number of fused-ring (bicyclic) bond motifs is 33. The van der Waals surface area contributed by atoms with Crippen molar-refractivity contribution in [2.75, 3.05) is 0 Å². The molecule has 131 heavy (non-hydrogen) atoms. The molecular weight excluding hydrogens is 1740 g/mol. The number of hydrogen-bond donors (Lipinski definition) is 0. The van der Waals surface area contributed by atoms with Gasteiger partial charge in [0.25, 0.3) is 0 Å². The Morgan fingerprint density at radius 1 is 0.176 bits per heavy atom. The first kappa shape index (κ1) is 78.9. The molecule has 616 valence electrons. The zero-order chi connectivity index (χ0) is 86.7. The first-order chi connectivity index (χ1) is 64.9. The minimum Gasteiger partial charge on any atom is -0.244 e. The summed E-state index contributed by atoms with van der Waals surface area (Å²) in [6.45, 7) is 0. The van der Waals surface area contributed by atoms with Crippen molar-refractivity contribution < 1.29 is 0 Å². The summed E-state index contributed by atoms with van der Waals surface area (Å²) < 4.78 is 18.1. The third-order valence-corrected chi connectivity index (χ3v) is 31.5. The van der Waals surface area contributed by atoms with E-state index in [0.717, 1.165) is 99.0 Å². The van der Waals surface area contributed by atoms with Crippen LogP contribution in [-0.4, -0.2) is 69.8 Å². The van der Waals surface area contributed by atoms with Crippen molar-refractivity contribution in [3.05, 3.63) is 391 Å². The summed E-state index contributed by atoms with van der Waals surface area (Å²) in [5.74, 6) is 0.766. The summed E-state index contributed by atoms with van der Waals surface area (Å²) in [6, 6.07) is 110. The van der Waals surface area contributed by atoms with E-state index in [-0.39, 0.29) is 0 Å². The van der Waals surface area contributed by atoms with Crippen molar-refractivity contribution >= 4 is 297 Å². The van der Waals surface area contributed by atoms with E-state index in [1.54, 1.807) is 49.3 Å². The van der Waals surface area contributed by atoms with Crippen LogP contribution in [0.15, 0.2) is 391 Å². The second-order valence-corrected chi connectivity index (χ2v) is 38.6. The maximum atomic E-state index is 5.05. The van der Waals surface area contributed by atoms with Crippen LogP contribution >= 0.6 is 79.4 Å². The molecule has 0 atom stereocenters. The highest BCUT2D eigenvalue weighted by atomic mass is 32.1. The Bertz CT molecular complexity index is 9120. The Morgan fingerprint density at radius 2 is 0.542 bits per heavy atom. The lowest BCUT2D eigenvalue weighted by Crippen LogP contribution is -1.95. The van der Waals surface area contributed by atoms with Crippen LogP contribution in [0.2, 0.25) is 0 Å². The summed E-state index contributed by atoms with van der Waals surface area (Å²) in [6.07, 6.45) is 20.9. The Balaban J connectivity index is 0.0000000854. The Morgan fingerprint density at radius 3 is 1.15 bits per heavy atom. The largest absolute Gasteiger partial charge is 0.244 e. The predicted molar refractivity (Wildman–Crippen MR) is 558 cm³/mol. The summed E-state index contributed by atoms with van der Waals surface area (Å²) in [7, 11) is 0. The van der Waals surface area contributed by atoms with Gasteiger partial charge >= 0.3 is 0 Å². The monoisotopic (exact) mass is 1800 g/mol. The number of aromatic nitrogens is 14. The Kier molecular flexibility index (Phi) is 20.6. The lowest BCUT2D eigenvalue weighted by atomic mass is 10.0. The van der Waals surface area contributed by atoms with Gasteiger partial charge in [0, 0.05) is 218 Å². The van der Waals surface area contributed by atoms with Crippen molar-refractivity contribution in [1.29, 1.82) is 0 Å². The SMILES string of the molecule is c1ccc(-c2nc(-c3ccccc3)c3ccc4c5ccccc5sc4c3n2)cc1.c1ccc2c(c1)sc1c2ccc2cncnc21.c1ccc2c(c1)sc1c3cncnc3ccc21.c1ccc2c(c1)sc1cc3cncnc3cc12.c1ccc2c(c1)sc1cc3ncncc3cc12.c1ccc2c(c1)sc1ccc3cncnc3c12.c1ccc2c(c1)sc1ccc3ncncc3c12. The van der Waals surface area contributed by atoms with E-state index in [9.17, 15) is 0 Å². The van der Waals surface area contributed by atoms with Gasteiger partial charge in [-0.25, -0.2) is 69.8 Å². The van der Waals surface area contributed by atoms with Crippen LogP contribution in [0.1, 0.15) is 0 Å². The minimum absolute atomic E-state index is 0.766. The second kappa shape index (κ2) is 34.2. The first-order valence-corrected chi connectivity index (χ1v) is 47.9. The van der Waals surface area contributed by atoms with E-state index in [1.807, 2.05) is 129 Å². The molecule has 14 heterocycles. The van der Waals surface area contributed by atoms with Crippen molar-refractivity contribution in [3.8, 4) is 22.6 Å². The van der Waals surface area contributed by atoms with Crippen LogP contribution in [0.3, 0.4) is 0 Å². The fourth-order valence-corrected chi connectivity index (χ4v) is 25.4. The number of thiophene rings is 7. The molecule has 14 nitrogen and oxygen atoms in total. The molecule has 0 aliphatic heterocycles. The first-order valence-electron chi connectivity index (χ1n) is 42.2. The van der Waals surface area contributed by atoms with Crippen molar-refractivity contribution in [2.45, 2.75) is 0 Å². The minimum atomic E-state index is 0.766. The van der Waals surface area contributed by atoms with Gasteiger partial charge in [-0.05, 0) is 103 Å². The lowest BCUT2D eigenvalue weighted by molar-refractivity contribution is 1.22. The molecule has 0 saturated carbocycles. The number of hydrogen-bond acceptors (Lipinski definition) is 21. The molecular formula is C110H64N14S7. The van der Waals surface area contributed by atoms with Crippen LogP contribution in [0.25, 0.3) is 240 Å². The lowest BCUT2D eigenvalue weighted by Gasteiger charge is -2.10. The van der Waals surface area contributed by atoms with Gasteiger partial charge in [-0.3, -0.25) is 0 Å². The smallest absolute Gasteiger partial charge is 0.160 e. The van der Waals surface area contributed by atoms with Gasteiger partial charge in [0.2, 0.25) is 0 Å².